The van der Waals surface area contributed by atoms with Crippen LogP contribution in [0, 0.1) is 0 Å². The van der Waals surface area contributed by atoms with E-state index in [-0.39, 0.29) is 6.04 Å². The maximum absolute atomic E-state index is 9.44. The molecule has 0 fully saturated rings. The summed E-state index contributed by atoms with van der Waals surface area (Å²) in [6, 6.07) is 10.1. The van der Waals surface area contributed by atoms with Gasteiger partial charge in [0.2, 0.25) is 0 Å². The molecule has 0 spiro atoms. The lowest BCUT2D eigenvalue weighted by atomic mass is 10.0. The van der Waals surface area contributed by atoms with E-state index >= 15 is 0 Å². The predicted molar refractivity (Wildman–Crippen MR) is 60.2 cm³/mol. The molecule has 0 aromatic heterocycles. The van der Waals surface area contributed by atoms with Crippen LogP contribution in [-0.4, -0.2) is 10.1 Å². The minimum absolute atomic E-state index is 0.105. The lowest BCUT2D eigenvalue weighted by Gasteiger charge is -2.23. The Hall–Kier alpha value is -1.35. The van der Waals surface area contributed by atoms with E-state index in [9.17, 15) is 5.11 Å². The zero-order valence-electron chi connectivity index (χ0n) is 7.60. The normalized spacial score (nSPS) is 21.3. The Morgan fingerprint density at radius 3 is 2.64 bits per heavy atom. The summed E-state index contributed by atoms with van der Waals surface area (Å²) in [5.74, 6) is 0.350. The van der Waals surface area contributed by atoms with Crippen molar-refractivity contribution in [3.8, 4) is 0 Å². The molecule has 1 aliphatic heterocycles. The Bertz CT molecular complexity index is 372. The molecular formula is C11H11NOS. The van der Waals surface area contributed by atoms with Gasteiger partial charge >= 0.3 is 0 Å². The van der Waals surface area contributed by atoms with Gasteiger partial charge in [-0.1, -0.05) is 42.5 Å². The molecule has 0 aliphatic carbocycles. The minimum Gasteiger partial charge on any atom is -0.512 e. The van der Waals surface area contributed by atoms with Gasteiger partial charge < -0.3 is 10.4 Å². The number of rotatable bonds is 1. The first-order chi connectivity index (χ1) is 6.75. The molecule has 2 nitrogen and oxygen atoms in total. The molecule has 1 aromatic rings. The molecule has 0 amide bonds. The van der Waals surface area contributed by atoms with Crippen molar-refractivity contribution in [1.29, 1.82) is 0 Å². The summed E-state index contributed by atoms with van der Waals surface area (Å²) < 4.78 is 0. The fourth-order valence-corrected chi connectivity index (χ4v) is 1.85. The van der Waals surface area contributed by atoms with Crippen LogP contribution in [0.3, 0.4) is 0 Å². The van der Waals surface area contributed by atoms with Crippen molar-refractivity contribution in [3.05, 3.63) is 47.7 Å². The first-order valence-corrected chi connectivity index (χ1v) is 4.91. The van der Waals surface area contributed by atoms with Gasteiger partial charge in [0.15, 0.2) is 0 Å². The van der Waals surface area contributed by atoms with Crippen molar-refractivity contribution in [2.45, 2.75) is 12.5 Å². The van der Waals surface area contributed by atoms with Gasteiger partial charge in [-0.05, 0) is 5.56 Å². The van der Waals surface area contributed by atoms with E-state index in [1.807, 2.05) is 30.3 Å². The molecule has 1 aromatic carbocycles. The van der Waals surface area contributed by atoms with Crippen LogP contribution < -0.4 is 5.32 Å². The van der Waals surface area contributed by atoms with E-state index in [0.29, 0.717) is 17.2 Å². The second kappa shape index (κ2) is 3.80. The molecular weight excluding hydrogens is 194 g/mol. The average molecular weight is 205 g/mol. The van der Waals surface area contributed by atoms with Gasteiger partial charge in [-0.25, -0.2) is 0 Å². The predicted octanol–water partition coefficient (Wildman–Crippen LogP) is 2.49. The van der Waals surface area contributed by atoms with Crippen molar-refractivity contribution in [1.82, 2.24) is 5.32 Å². The second-order valence-electron chi connectivity index (χ2n) is 3.31. The van der Waals surface area contributed by atoms with E-state index in [2.05, 4.69) is 5.32 Å². The van der Waals surface area contributed by atoms with Gasteiger partial charge in [0.05, 0.1) is 11.8 Å². The summed E-state index contributed by atoms with van der Waals surface area (Å²) in [5.41, 5.74) is 1.15. The van der Waals surface area contributed by atoms with Gasteiger partial charge in [-0.15, -0.1) is 0 Å². The summed E-state index contributed by atoms with van der Waals surface area (Å²) in [5, 5.41) is 12.6. The Morgan fingerprint density at radius 1 is 1.29 bits per heavy atom. The van der Waals surface area contributed by atoms with Crippen molar-refractivity contribution < 1.29 is 5.11 Å². The van der Waals surface area contributed by atoms with Gasteiger partial charge in [0.25, 0.3) is 0 Å². The lowest BCUT2D eigenvalue weighted by molar-refractivity contribution is 0.364. The van der Waals surface area contributed by atoms with Crippen LogP contribution in [0.4, 0.5) is 0 Å². The van der Waals surface area contributed by atoms with E-state index in [1.165, 1.54) is 0 Å². The zero-order valence-corrected chi connectivity index (χ0v) is 8.42. The third-order valence-electron chi connectivity index (χ3n) is 2.23. The van der Waals surface area contributed by atoms with Gasteiger partial charge in [-0.2, -0.15) is 0 Å². The average Bonchev–Trinajstić information content (AvgIpc) is 2.18. The van der Waals surface area contributed by atoms with E-state index in [0.717, 1.165) is 5.56 Å². The molecule has 0 saturated heterocycles. The maximum atomic E-state index is 9.44. The molecule has 0 saturated carbocycles. The number of benzene rings is 1. The van der Waals surface area contributed by atoms with Crippen LogP contribution in [-0.2, 0) is 0 Å². The zero-order chi connectivity index (χ0) is 9.97. The number of hydrogen-bond acceptors (Lipinski definition) is 2. The fourth-order valence-electron chi connectivity index (χ4n) is 1.57. The van der Waals surface area contributed by atoms with E-state index in [4.69, 9.17) is 12.2 Å². The van der Waals surface area contributed by atoms with Crippen LogP contribution >= 0.6 is 12.2 Å². The molecule has 1 heterocycles. The number of nitrogens with one attached hydrogen (secondary N) is 1. The molecule has 0 unspecified atom stereocenters. The molecule has 1 aliphatic rings. The molecule has 14 heavy (non-hydrogen) atoms. The number of hydrogen-bond donors (Lipinski definition) is 2. The molecule has 0 radical (unpaired) electrons. The summed E-state index contributed by atoms with van der Waals surface area (Å²) in [4.78, 5) is 0.600. The standard InChI is InChI=1S/C11H11NOS/c13-9-6-10(12-11(14)7-9)8-4-2-1-3-5-8/h1-5,7,10,13H,6H2,(H,12,14)/t10-/m1/s1. The SMILES string of the molecule is OC1=CC(=S)N[C@@H](c2ccccc2)C1. The van der Waals surface area contributed by atoms with E-state index < -0.39 is 0 Å². The highest BCUT2D eigenvalue weighted by atomic mass is 32.1. The smallest absolute Gasteiger partial charge is 0.103 e. The van der Waals surface area contributed by atoms with Gasteiger partial charge in [0.1, 0.15) is 4.99 Å². The second-order valence-corrected chi connectivity index (χ2v) is 3.75. The first-order valence-electron chi connectivity index (χ1n) is 4.50. The Labute approximate surface area is 88.3 Å². The van der Waals surface area contributed by atoms with Crippen molar-refractivity contribution in [2.24, 2.45) is 0 Å². The highest BCUT2D eigenvalue weighted by Crippen LogP contribution is 2.22. The van der Waals surface area contributed by atoms with Crippen LogP contribution in [0.1, 0.15) is 18.0 Å². The van der Waals surface area contributed by atoms with Crippen LogP contribution in [0.5, 0.6) is 0 Å². The minimum atomic E-state index is 0.105. The fraction of sp³-hybridized carbons (Fsp3) is 0.182. The molecule has 2 N–H and O–H groups in total. The Balaban J connectivity index is 2.22. The number of aliphatic hydroxyl groups excluding tert-OH is 1. The first kappa shape index (κ1) is 9.21. The highest BCUT2D eigenvalue weighted by molar-refractivity contribution is 7.80. The largest absolute Gasteiger partial charge is 0.512 e. The number of thiocarbonyl (C=S) groups is 1. The topological polar surface area (TPSA) is 32.3 Å². The molecule has 1 atom stereocenters. The third kappa shape index (κ3) is 1.93. The third-order valence-corrected chi connectivity index (χ3v) is 2.47. The van der Waals surface area contributed by atoms with E-state index in [1.54, 1.807) is 6.08 Å². The van der Waals surface area contributed by atoms with Crippen molar-refractivity contribution in [2.75, 3.05) is 0 Å². The summed E-state index contributed by atoms with van der Waals surface area (Å²) in [6.45, 7) is 0. The van der Waals surface area contributed by atoms with Gasteiger partial charge in [-0.3, -0.25) is 0 Å². The monoisotopic (exact) mass is 205 g/mol. The molecule has 0 bridgehead atoms. The maximum Gasteiger partial charge on any atom is 0.103 e. The number of aliphatic hydroxyl groups is 1. The molecule has 72 valence electrons. The summed E-state index contributed by atoms with van der Waals surface area (Å²) >= 11 is 5.01. The molecule has 3 heteroatoms. The van der Waals surface area contributed by atoms with Crippen molar-refractivity contribution >= 4 is 17.2 Å². The quantitative estimate of drug-likeness (QED) is 0.691. The Kier molecular flexibility index (Phi) is 2.50. The Morgan fingerprint density at radius 2 is 2.00 bits per heavy atom. The van der Waals surface area contributed by atoms with Crippen LogP contribution in [0.2, 0.25) is 0 Å². The summed E-state index contributed by atoms with van der Waals surface area (Å²) in [6.07, 6.45) is 2.19. The van der Waals surface area contributed by atoms with Crippen LogP contribution in [0.15, 0.2) is 42.2 Å². The van der Waals surface area contributed by atoms with Gasteiger partial charge in [0, 0.05) is 12.5 Å². The van der Waals surface area contributed by atoms with Crippen molar-refractivity contribution in [3.63, 3.8) is 0 Å². The highest BCUT2D eigenvalue weighted by Gasteiger charge is 2.18. The lowest BCUT2D eigenvalue weighted by Crippen LogP contribution is -2.29. The summed E-state index contributed by atoms with van der Waals surface area (Å²) in [7, 11) is 0. The van der Waals surface area contributed by atoms with Crippen LogP contribution in [0.25, 0.3) is 0 Å². The molecule has 2 rings (SSSR count).